The molecule has 1 saturated carbocycles. The molecule has 1 aliphatic heterocycles. The standard InChI is InChI=1S/C30H36FN7O2/c1-18-13-23(26(31)27(33-18)21-15-32-36(4)16-21)28(39)35-29-34-24-14-20(5-8-25(24)38(29)17-30(2,3)40)19-9-11-37(12-10-19)22-6-7-22/h5,8,13-16,19,22,40H,6-7,9-12,17H2,1-4H3,(H,34,35,39). The summed E-state index contributed by atoms with van der Waals surface area (Å²) in [6, 6.07) is 8.48. The van der Waals surface area contributed by atoms with Crippen LogP contribution in [-0.2, 0) is 13.6 Å². The number of likely N-dealkylation sites (tertiary alicyclic amines) is 1. The van der Waals surface area contributed by atoms with Gasteiger partial charge in [-0.25, -0.2) is 14.4 Å². The van der Waals surface area contributed by atoms with Crippen LogP contribution in [0.1, 0.15) is 67.1 Å². The van der Waals surface area contributed by atoms with Gasteiger partial charge in [0.05, 0.1) is 34.9 Å². The summed E-state index contributed by atoms with van der Waals surface area (Å²) in [5.74, 6) is -0.620. The highest BCUT2D eigenvalue weighted by Gasteiger charge is 2.32. The third-order valence-corrected chi connectivity index (χ3v) is 7.92. The Labute approximate surface area is 233 Å². The molecule has 0 bridgehead atoms. The number of benzene rings is 1. The van der Waals surface area contributed by atoms with Gasteiger partial charge in [0, 0.05) is 30.5 Å². The smallest absolute Gasteiger partial charge is 0.261 e. The molecule has 1 aliphatic carbocycles. The Balaban J connectivity index is 1.31. The van der Waals surface area contributed by atoms with Gasteiger partial charge in [-0.05, 0) is 89.2 Å². The van der Waals surface area contributed by atoms with Crippen LogP contribution < -0.4 is 5.32 Å². The van der Waals surface area contributed by atoms with E-state index in [2.05, 4.69) is 32.4 Å². The van der Waals surface area contributed by atoms with Gasteiger partial charge in [-0.1, -0.05) is 6.07 Å². The summed E-state index contributed by atoms with van der Waals surface area (Å²) in [7, 11) is 1.74. The molecular weight excluding hydrogens is 509 g/mol. The van der Waals surface area contributed by atoms with Crippen molar-refractivity contribution < 1.29 is 14.3 Å². The van der Waals surface area contributed by atoms with Gasteiger partial charge in [0.1, 0.15) is 5.69 Å². The third-order valence-electron chi connectivity index (χ3n) is 7.92. The topological polar surface area (TPSA) is 101 Å². The van der Waals surface area contributed by atoms with E-state index in [-0.39, 0.29) is 23.8 Å². The number of imidazole rings is 1. The number of halogens is 1. The normalized spacial score (nSPS) is 17.1. The molecule has 1 aromatic carbocycles. The van der Waals surface area contributed by atoms with Crippen LogP contribution in [0.25, 0.3) is 22.3 Å². The second kappa shape index (κ2) is 10.1. The number of hydrogen-bond acceptors (Lipinski definition) is 6. The number of hydrogen-bond donors (Lipinski definition) is 2. The second-order valence-corrected chi connectivity index (χ2v) is 12.0. The van der Waals surface area contributed by atoms with Gasteiger partial charge >= 0.3 is 0 Å². The van der Waals surface area contributed by atoms with Gasteiger partial charge in [-0.3, -0.25) is 14.8 Å². The zero-order chi connectivity index (χ0) is 28.2. The van der Waals surface area contributed by atoms with Crippen molar-refractivity contribution >= 4 is 22.9 Å². The molecule has 9 nitrogen and oxygen atoms in total. The molecule has 0 radical (unpaired) electrons. The molecule has 210 valence electrons. The fourth-order valence-corrected chi connectivity index (χ4v) is 5.81. The summed E-state index contributed by atoms with van der Waals surface area (Å²) in [6.45, 7) is 7.59. The maximum absolute atomic E-state index is 15.6. The lowest BCUT2D eigenvalue weighted by Gasteiger charge is -2.32. The number of carbonyl (C=O) groups excluding carboxylic acids is 1. The van der Waals surface area contributed by atoms with Crippen molar-refractivity contribution in [2.75, 3.05) is 18.4 Å². The Morgan fingerprint density at radius 2 is 1.90 bits per heavy atom. The van der Waals surface area contributed by atoms with Gasteiger partial charge in [-0.2, -0.15) is 5.10 Å². The Hall–Kier alpha value is -3.63. The largest absolute Gasteiger partial charge is 0.389 e. The maximum Gasteiger partial charge on any atom is 0.261 e. The number of piperidine rings is 1. The van der Waals surface area contributed by atoms with Crippen molar-refractivity contribution in [1.82, 2.24) is 29.2 Å². The lowest BCUT2D eigenvalue weighted by Crippen LogP contribution is -2.34. The predicted octanol–water partition coefficient (Wildman–Crippen LogP) is 4.64. The van der Waals surface area contributed by atoms with Gasteiger partial charge < -0.3 is 14.6 Å². The number of pyridine rings is 1. The molecule has 4 aromatic rings. The van der Waals surface area contributed by atoms with E-state index in [4.69, 9.17) is 4.98 Å². The van der Waals surface area contributed by atoms with Crippen LogP contribution in [0.5, 0.6) is 0 Å². The molecule has 2 aliphatic rings. The average Bonchev–Trinajstić information content (AvgIpc) is 3.59. The lowest BCUT2D eigenvalue weighted by atomic mass is 9.89. The highest BCUT2D eigenvalue weighted by Crippen LogP contribution is 2.36. The van der Waals surface area contributed by atoms with Crippen LogP contribution in [0.3, 0.4) is 0 Å². The molecule has 0 atom stereocenters. The fraction of sp³-hybridized carbons (Fsp3) is 0.467. The van der Waals surface area contributed by atoms with Crippen LogP contribution in [0, 0.1) is 12.7 Å². The van der Waals surface area contributed by atoms with E-state index in [0.29, 0.717) is 17.2 Å². The highest BCUT2D eigenvalue weighted by molar-refractivity contribution is 6.05. The van der Waals surface area contributed by atoms with Crippen molar-refractivity contribution in [3.05, 3.63) is 59.3 Å². The summed E-state index contributed by atoms with van der Waals surface area (Å²) < 4.78 is 18.9. The number of amides is 1. The van der Waals surface area contributed by atoms with Crippen molar-refractivity contribution in [2.45, 2.75) is 70.6 Å². The van der Waals surface area contributed by atoms with Crippen LogP contribution in [0.15, 0.2) is 36.7 Å². The van der Waals surface area contributed by atoms with Crippen molar-refractivity contribution in [1.29, 1.82) is 0 Å². The Kier molecular flexibility index (Phi) is 6.70. The first-order valence-electron chi connectivity index (χ1n) is 14.0. The first-order valence-corrected chi connectivity index (χ1v) is 14.0. The number of carbonyl (C=O) groups is 1. The van der Waals surface area contributed by atoms with Crippen molar-refractivity contribution in [3.63, 3.8) is 0 Å². The maximum atomic E-state index is 15.6. The highest BCUT2D eigenvalue weighted by atomic mass is 19.1. The minimum atomic E-state index is -1.06. The van der Waals surface area contributed by atoms with E-state index in [0.717, 1.165) is 43.0 Å². The van der Waals surface area contributed by atoms with E-state index >= 15 is 4.39 Å². The molecule has 40 heavy (non-hydrogen) atoms. The van der Waals surface area contributed by atoms with E-state index in [1.165, 1.54) is 30.7 Å². The molecule has 1 saturated heterocycles. The fourth-order valence-electron chi connectivity index (χ4n) is 5.81. The average molecular weight is 546 g/mol. The third kappa shape index (κ3) is 5.38. The summed E-state index contributed by atoms with van der Waals surface area (Å²) in [6.07, 6.45) is 8.08. The first kappa shape index (κ1) is 26.6. The summed E-state index contributed by atoms with van der Waals surface area (Å²) in [4.78, 5) is 25.1. The minimum Gasteiger partial charge on any atom is -0.389 e. The zero-order valence-corrected chi connectivity index (χ0v) is 23.5. The SMILES string of the molecule is Cc1cc(C(=O)Nc2nc3cc(C4CCN(C5CC5)CC4)ccc3n2CC(C)(C)O)c(F)c(-c2cnn(C)c2)n1. The minimum absolute atomic E-state index is 0.0700. The molecule has 1 amide bonds. The molecular formula is C30H36FN7O2. The van der Waals surface area contributed by atoms with Crippen LogP contribution in [-0.4, -0.2) is 65.0 Å². The number of nitrogens with one attached hydrogen (secondary N) is 1. The number of fused-ring (bicyclic) bond motifs is 1. The Bertz CT molecular complexity index is 1570. The number of aliphatic hydroxyl groups is 1. The molecule has 2 fully saturated rings. The molecule has 2 N–H and O–H groups in total. The monoisotopic (exact) mass is 545 g/mol. The molecule has 3 aromatic heterocycles. The molecule has 0 unspecified atom stereocenters. The summed E-state index contributed by atoms with van der Waals surface area (Å²) in [5, 5.41) is 17.6. The molecule has 6 rings (SSSR count). The number of anilines is 1. The molecule has 0 spiro atoms. The number of aromatic nitrogens is 5. The van der Waals surface area contributed by atoms with Gasteiger partial charge in [0.2, 0.25) is 5.95 Å². The summed E-state index contributed by atoms with van der Waals surface area (Å²) in [5.41, 5.74) is 2.66. The van der Waals surface area contributed by atoms with E-state index in [1.54, 1.807) is 43.3 Å². The molecule has 4 heterocycles. The zero-order valence-electron chi connectivity index (χ0n) is 23.5. The lowest BCUT2D eigenvalue weighted by molar-refractivity contribution is 0.0630. The van der Waals surface area contributed by atoms with E-state index in [9.17, 15) is 9.90 Å². The first-order chi connectivity index (χ1) is 19.1. The van der Waals surface area contributed by atoms with Gasteiger partial charge in [-0.15, -0.1) is 0 Å². The van der Waals surface area contributed by atoms with E-state index < -0.39 is 17.3 Å². The molecule has 10 heteroatoms. The van der Waals surface area contributed by atoms with Crippen molar-refractivity contribution in [2.24, 2.45) is 7.05 Å². The van der Waals surface area contributed by atoms with E-state index in [1.807, 2.05) is 6.07 Å². The van der Waals surface area contributed by atoms with Crippen LogP contribution >= 0.6 is 0 Å². The van der Waals surface area contributed by atoms with Gasteiger partial charge in [0.15, 0.2) is 5.82 Å². The number of nitrogens with zero attached hydrogens (tertiary/aromatic N) is 6. The Morgan fingerprint density at radius 1 is 1.15 bits per heavy atom. The summed E-state index contributed by atoms with van der Waals surface area (Å²) >= 11 is 0. The van der Waals surface area contributed by atoms with Crippen LogP contribution in [0.2, 0.25) is 0 Å². The second-order valence-electron chi connectivity index (χ2n) is 12.0. The number of rotatable bonds is 7. The number of aryl methyl sites for hydroxylation is 2. The van der Waals surface area contributed by atoms with Crippen LogP contribution in [0.4, 0.5) is 10.3 Å². The van der Waals surface area contributed by atoms with Gasteiger partial charge in [0.25, 0.3) is 5.91 Å². The van der Waals surface area contributed by atoms with Crippen molar-refractivity contribution in [3.8, 4) is 11.3 Å². The predicted molar refractivity (Wildman–Crippen MR) is 152 cm³/mol. The Morgan fingerprint density at radius 3 is 2.55 bits per heavy atom. The quantitative estimate of drug-likeness (QED) is 0.351.